The Morgan fingerprint density at radius 3 is 1.97 bits per heavy atom. The molecule has 2 aliphatic heterocycles. The van der Waals surface area contributed by atoms with Crippen LogP contribution in [0.2, 0.25) is 5.02 Å². The van der Waals surface area contributed by atoms with Crippen LogP contribution in [-0.4, -0.2) is 10.8 Å². The molecule has 0 saturated heterocycles. The van der Waals surface area contributed by atoms with E-state index in [1.165, 1.54) is 39.6 Å². The van der Waals surface area contributed by atoms with Crippen molar-refractivity contribution in [2.75, 3.05) is 5.01 Å². The molecule has 0 N–H and O–H groups in total. The highest BCUT2D eigenvalue weighted by Gasteiger charge is 2.61. The van der Waals surface area contributed by atoms with Crippen molar-refractivity contribution >= 4 is 51.6 Å². The lowest BCUT2D eigenvalue weighted by Crippen LogP contribution is -2.34. The first-order valence-electron chi connectivity index (χ1n) is 12.1. The molecule has 0 aliphatic carbocycles. The van der Waals surface area contributed by atoms with E-state index in [9.17, 15) is 4.79 Å². The molecule has 4 aromatic rings. The Kier molecular flexibility index (Phi) is 5.98. The Morgan fingerprint density at radius 1 is 0.811 bits per heavy atom. The molecule has 2 aliphatic rings. The SMILES string of the molecule is CC(=O)C1=NN(c2cccc(Cl)c2)[C@]2(S1)SC(c1ccc(C)cc1)(c1ccc(C)cc1)c1ccccc12. The molecular weight excluding hydrogens is 516 g/mol. The summed E-state index contributed by atoms with van der Waals surface area (Å²) in [5.41, 5.74) is 8.00. The van der Waals surface area contributed by atoms with E-state index in [-0.39, 0.29) is 5.78 Å². The molecule has 0 bridgehead atoms. The molecule has 0 amide bonds. The van der Waals surface area contributed by atoms with Crippen molar-refractivity contribution in [2.45, 2.75) is 29.7 Å². The van der Waals surface area contributed by atoms with Crippen LogP contribution in [-0.2, 0) is 13.7 Å². The quantitative estimate of drug-likeness (QED) is 0.261. The van der Waals surface area contributed by atoms with E-state index in [2.05, 4.69) is 86.6 Å². The molecular formula is C31H25ClN2OS2. The number of benzene rings is 4. The number of hydrogen-bond acceptors (Lipinski definition) is 5. The Morgan fingerprint density at radius 2 is 1.41 bits per heavy atom. The molecule has 6 heteroatoms. The third-order valence-corrected chi connectivity index (χ3v) is 10.5. The topological polar surface area (TPSA) is 32.7 Å². The monoisotopic (exact) mass is 540 g/mol. The van der Waals surface area contributed by atoms with E-state index >= 15 is 0 Å². The predicted molar refractivity (Wildman–Crippen MR) is 158 cm³/mol. The Bertz CT molecular complexity index is 1500. The number of carbonyl (C=O) groups excluding carboxylic acids is 1. The highest BCUT2D eigenvalue weighted by atomic mass is 35.5. The molecule has 1 spiro atoms. The molecule has 0 aromatic heterocycles. The fourth-order valence-electron chi connectivity index (χ4n) is 5.12. The summed E-state index contributed by atoms with van der Waals surface area (Å²) in [5, 5.41) is 8.01. The Balaban J connectivity index is 1.65. The Labute approximate surface area is 230 Å². The van der Waals surface area contributed by atoms with E-state index in [1.807, 2.05) is 41.0 Å². The summed E-state index contributed by atoms with van der Waals surface area (Å²) in [5.74, 6) is -0.0462. The van der Waals surface area contributed by atoms with Gasteiger partial charge in [-0.25, -0.2) is 5.01 Å². The van der Waals surface area contributed by atoms with Crippen molar-refractivity contribution in [3.05, 3.63) is 135 Å². The van der Waals surface area contributed by atoms with Crippen molar-refractivity contribution in [3.63, 3.8) is 0 Å². The number of hydrogen-bond donors (Lipinski definition) is 0. The average molecular weight is 541 g/mol. The molecule has 2 heterocycles. The van der Waals surface area contributed by atoms with Gasteiger partial charge in [0.15, 0.2) is 15.0 Å². The van der Waals surface area contributed by atoms with Crippen molar-refractivity contribution < 1.29 is 4.79 Å². The van der Waals surface area contributed by atoms with Gasteiger partial charge in [-0.3, -0.25) is 4.79 Å². The first-order valence-corrected chi connectivity index (χ1v) is 14.1. The van der Waals surface area contributed by atoms with Gasteiger partial charge in [-0.2, -0.15) is 5.10 Å². The van der Waals surface area contributed by atoms with Crippen LogP contribution in [0.1, 0.15) is 40.3 Å². The van der Waals surface area contributed by atoms with Gasteiger partial charge in [0.05, 0.1) is 10.4 Å². The van der Waals surface area contributed by atoms with Crippen LogP contribution in [0.3, 0.4) is 0 Å². The minimum absolute atomic E-state index is 0.0462. The number of thioether (sulfide) groups is 2. The van der Waals surface area contributed by atoms with Gasteiger partial charge in [0.1, 0.15) is 0 Å². The van der Waals surface area contributed by atoms with Gasteiger partial charge in [-0.1, -0.05) is 125 Å². The fraction of sp³-hybridized carbons (Fsp3) is 0.161. The van der Waals surface area contributed by atoms with E-state index in [4.69, 9.17) is 16.7 Å². The molecule has 0 fully saturated rings. The first-order chi connectivity index (χ1) is 17.8. The van der Waals surface area contributed by atoms with Crippen LogP contribution in [0.25, 0.3) is 0 Å². The standard InChI is InChI=1S/C31H25ClN2OS2/c1-20-11-15-23(16-12-20)30(24-17-13-21(2)14-18-24)27-9-4-5-10-28(27)31(37-30)34(33-29(36-31)22(3)35)26-8-6-7-25(32)19-26/h4-19H,1-3H3/t31-/m1/s1. The van der Waals surface area contributed by atoms with E-state index in [0.717, 1.165) is 11.3 Å². The second-order valence-corrected chi connectivity index (χ2v) is 12.8. The van der Waals surface area contributed by atoms with Crippen LogP contribution in [0, 0.1) is 13.8 Å². The number of anilines is 1. The molecule has 4 aromatic carbocycles. The molecule has 0 unspecified atom stereocenters. The van der Waals surface area contributed by atoms with Crippen molar-refractivity contribution in [1.29, 1.82) is 0 Å². The lowest BCUT2D eigenvalue weighted by atomic mass is 9.81. The smallest absolute Gasteiger partial charge is 0.187 e. The number of rotatable bonds is 4. The van der Waals surface area contributed by atoms with Crippen molar-refractivity contribution in [1.82, 2.24) is 0 Å². The third-order valence-electron chi connectivity index (χ3n) is 6.91. The van der Waals surface area contributed by atoms with Crippen LogP contribution >= 0.6 is 35.1 Å². The summed E-state index contributed by atoms with van der Waals surface area (Å²) in [6, 6.07) is 33.9. The maximum atomic E-state index is 12.7. The Hall–Kier alpha value is -2.99. The average Bonchev–Trinajstić information content (AvgIpc) is 3.43. The normalized spacial score (nSPS) is 19.7. The summed E-state index contributed by atoms with van der Waals surface area (Å²) < 4.78 is -1.21. The van der Waals surface area contributed by atoms with E-state index in [0.29, 0.717) is 10.1 Å². The summed E-state index contributed by atoms with van der Waals surface area (Å²) in [7, 11) is 0. The second-order valence-electron chi connectivity index (χ2n) is 9.50. The number of aryl methyl sites for hydroxylation is 2. The van der Waals surface area contributed by atoms with Gasteiger partial charge in [0.2, 0.25) is 0 Å². The lowest BCUT2D eigenvalue weighted by molar-refractivity contribution is -0.110. The third kappa shape index (κ3) is 3.83. The first kappa shape index (κ1) is 24.4. The minimum atomic E-state index is -0.696. The molecule has 0 saturated carbocycles. The van der Waals surface area contributed by atoms with Gasteiger partial charge in [-0.15, -0.1) is 0 Å². The summed E-state index contributed by atoms with van der Waals surface area (Å²) in [6.45, 7) is 5.81. The number of nitrogens with zero attached hydrogens (tertiary/aromatic N) is 2. The second kappa shape index (κ2) is 9.09. The lowest BCUT2D eigenvalue weighted by Gasteiger charge is -2.37. The van der Waals surface area contributed by atoms with Crippen LogP contribution < -0.4 is 5.01 Å². The summed E-state index contributed by atoms with van der Waals surface area (Å²) in [4.78, 5) is 12.7. The van der Waals surface area contributed by atoms with Crippen molar-refractivity contribution in [3.8, 4) is 0 Å². The van der Waals surface area contributed by atoms with E-state index < -0.39 is 8.95 Å². The zero-order valence-electron chi connectivity index (χ0n) is 20.7. The summed E-state index contributed by atoms with van der Waals surface area (Å²) in [6.07, 6.45) is 0. The zero-order valence-corrected chi connectivity index (χ0v) is 23.1. The predicted octanol–water partition coefficient (Wildman–Crippen LogP) is 8.26. The van der Waals surface area contributed by atoms with Gasteiger partial charge in [0.25, 0.3) is 0 Å². The number of ketones is 1. The maximum Gasteiger partial charge on any atom is 0.187 e. The number of halogens is 1. The van der Waals surface area contributed by atoms with Crippen LogP contribution in [0.4, 0.5) is 5.69 Å². The van der Waals surface area contributed by atoms with Crippen LogP contribution in [0.15, 0.2) is 102 Å². The van der Waals surface area contributed by atoms with Gasteiger partial charge in [0, 0.05) is 17.5 Å². The molecule has 184 valence electrons. The molecule has 3 nitrogen and oxygen atoms in total. The minimum Gasteiger partial charge on any atom is -0.292 e. The maximum absolute atomic E-state index is 12.7. The highest BCUT2D eigenvalue weighted by molar-refractivity contribution is 8.27. The fourth-order valence-corrected chi connectivity index (χ4v) is 8.86. The summed E-state index contributed by atoms with van der Waals surface area (Å²) >= 11 is 9.79. The molecule has 37 heavy (non-hydrogen) atoms. The van der Waals surface area contributed by atoms with Gasteiger partial charge < -0.3 is 0 Å². The number of fused-ring (bicyclic) bond motifs is 2. The largest absolute Gasteiger partial charge is 0.292 e. The van der Waals surface area contributed by atoms with Crippen molar-refractivity contribution in [2.24, 2.45) is 5.10 Å². The highest BCUT2D eigenvalue weighted by Crippen LogP contribution is 2.70. The zero-order chi connectivity index (χ0) is 25.8. The van der Waals surface area contributed by atoms with E-state index in [1.54, 1.807) is 6.92 Å². The number of carbonyl (C=O) groups is 1. The molecule has 6 rings (SSSR count). The number of hydrazone groups is 1. The molecule has 1 atom stereocenters. The molecule has 0 radical (unpaired) electrons. The van der Waals surface area contributed by atoms with Crippen LogP contribution in [0.5, 0.6) is 0 Å². The van der Waals surface area contributed by atoms with Gasteiger partial charge in [-0.05, 0) is 48.7 Å². The number of Topliss-reactive ketones (excluding diaryl/α,β-unsaturated/α-hetero) is 1. The van der Waals surface area contributed by atoms with Gasteiger partial charge >= 0.3 is 0 Å².